The summed E-state index contributed by atoms with van der Waals surface area (Å²) in [4.78, 5) is 23.5. The van der Waals surface area contributed by atoms with Crippen LogP contribution in [0.4, 0.5) is 0 Å². The molecule has 0 spiro atoms. The highest BCUT2D eigenvalue weighted by Gasteiger charge is 2.28. The van der Waals surface area contributed by atoms with E-state index in [1.54, 1.807) is 0 Å². The van der Waals surface area contributed by atoms with Gasteiger partial charge < -0.3 is 19.8 Å². The summed E-state index contributed by atoms with van der Waals surface area (Å²) in [7, 11) is 1.62. The standard InChI is InChI=1S/C80H147N2O6P/c1-6-8-10-12-14-16-18-20-22-24-26-28-30-32-34-36-37-38-39-40-41-42-43-44-45-46-48-50-52-54-56-58-60-62-64-66-68-70-72-74-80(84)81-78(77-88-89(85,86)87-76-75-82(3,4)5)79(83)73-71-69-67-65-63-61-59-57-55-53-51-49-47-35-33-31-29-27-25-23-21-19-17-15-13-11-9-7-2/h8,10,14,16,20,22,26,28,32,34,37-38,40-41,43-44,78-79,83H,6-7,9,11-13,15,17-19,21,23-25,27,29-31,33,35-36,39,42,45-77H2,1-5H3,(H-,81,84,85,86)/p+1/b10-8-,16-14-,22-20-,28-26-,34-32-,38-37-,41-40-,44-43-. The Kier molecular flexibility index (Phi) is 67.7. The lowest BCUT2D eigenvalue weighted by Gasteiger charge is -2.26. The number of hydrogen-bond acceptors (Lipinski definition) is 5. The van der Waals surface area contributed by atoms with Gasteiger partial charge in [0, 0.05) is 6.42 Å². The molecule has 3 N–H and O–H groups in total. The number of quaternary nitrogens is 1. The molecule has 0 aliphatic rings. The van der Waals surface area contributed by atoms with Crippen LogP contribution in [0.5, 0.6) is 0 Å². The Hall–Kier alpha value is -2.58. The van der Waals surface area contributed by atoms with Gasteiger partial charge in [-0.1, -0.05) is 368 Å². The number of nitrogens with zero attached hydrogens (tertiary/aromatic N) is 1. The Bertz CT molecular complexity index is 1780. The molecule has 0 saturated heterocycles. The van der Waals surface area contributed by atoms with Gasteiger partial charge in [-0.3, -0.25) is 13.8 Å². The molecule has 518 valence electrons. The minimum absolute atomic E-state index is 0.0727. The predicted octanol–water partition coefficient (Wildman–Crippen LogP) is 24.8. The number of phosphoric acid groups is 1. The highest BCUT2D eigenvalue weighted by molar-refractivity contribution is 7.47. The fourth-order valence-electron chi connectivity index (χ4n) is 11.2. The van der Waals surface area contributed by atoms with Gasteiger partial charge in [-0.2, -0.15) is 0 Å². The summed E-state index contributed by atoms with van der Waals surface area (Å²) in [5.41, 5.74) is 0. The maximum atomic E-state index is 13.1. The SMILES string of the molecule is CC/C=C\C/C=C\C/C=C\C/C=C\C/C=C\C/C=C\C/C=C\C/C=C\CCCCCCCCCCCCCCCCC(=O)NC(COP(=O)(O)OCC[N+](C)(C)C)C(O)CCCCCCCCCCCCCCCCCCCCCCCCCCCCCC. The van der Waals surface area contributed by atoms with Gasteiger partial charge in [0.25, 0.3) is 0 Å². The molecule has 89 heavy (non-hydrogen) atoms. The third-order valence-electron chi connectivity index (χ3n) is 17.1. The topological polar surface area (TPSA) is 105 Å². The van der Waals surface area contributed by atoms with Crippen molar-refractivity contribution in [2.45, 2.75) is 366 Å². The van der Waals surface area contributed by atoms with Gasteiger partial charge in [0.15, 0.2) is 0 Å². The molecule has 0 aliphatic heterocycles. The molecule has 9 heteroatoms. The number of amides is 1. The average molecular weight is 1270 g/mol. The maximum Gasteiger partial charge on any atom is 0.472 e. The summed E-state index contributed by atoms with van der Waals surface area (Å²) in [5.74, 6) is -0.143. The molecule has 0 heterocycles. The summed E-state index contributed by atoms with van der Waals surface area (Å²) in [6.45, 7) is 4.81. The molecule has 0 aromatic rings. The van der Waals surface area contributed by atoms with Crippen LogP contribution in [0.15, 0.2) is 97.2 Å². The number of allylic oxidation sites excluding steroid dienone is 16. The van der Waals surface area contributed by atoms with Gasteiger partial charge >= 0.3 is 7.82 Å². The minimum atomic E-state index is -4.34. The zero-order chi connectivity index (χ0) is 64.8. The number of unbranched alkanes of at least 4 members (excludes halogenated alkanes) is 41. The van der Waals surface area contributed by atoms with Crippen molar-refractivity contribution >= 4 is 13.7 Å². The van der Waals surface area contributed by atoms with Crippen LogP contribution in [0, 0.1) is 0 Å². The minimum Gasteiger partial charge on any atom is -0.391 e. The van der Waals surface area contributed by atoms with Crippen LogP contribution >= 0.6 is 7.82 Å². The van der Waals surface area contributed by atoms with Crippen LogP contribution in [0.25, 0.3) is 0 Å². The molecule has 0 aromatic heterocycles. The van der Waals surface area contributed by atoms with E-state index in [4.69, 9.17) is 9.05 Å². The van der Waals surface area contributed by atoms with E-state index >= 15 is 0 Å². The number of aliphatic hydroxyl groups is 1. The maximum absolute atomic E-state index is 13.1. The summed E-state index contributed by atoms with van der Waals surface area (Å²) in [6, 6.07) is -0.768. The number of carbonyl (C=O) groups is 1. The smallest absolute Gasteiger partial charge is 0.391 e. The lowest BCUT2D eigenvalue weighted by atomic mass is 10.0. The van der Waals surface area contributed by atoms with Gasteiger partial charge in [-0.05, 0) is 77.0 Å². The summed E-state index contributed by atoms with van der Waals surface area (Å²) >= 11 is 0. The number of aliphatic hydroxyl groups excluding tert-OH is 1. The fraction of sp³-hybridized carbons (Fsp3) is 0.787. The molecule has 0 aromatic carbocycles. The van der Waals surface area contributed by atoms with E-state index in [1.165, 1.54) is 238 Å². The van der Waals surface area contributed by atoms with Crippen LogP contribution in [-0.4, -0.2) is 73.4 Å². The van der Waals surface area contributed by atoms with Crippen molar-refractivity contribution in [3.05, 3.63) is 97.2 Å². The molecule has 1 amide bonds. The molecule has 3 atom stereocenters. The Balaban J connectivity index is 4.01. The van der Waals surface area contributed by atoms with Crippen molar-refractivity contribution in [3.63, 3.8) is 0 Å². The Morgan fingerprint density at radius 2 is 0.674 bits per heavy atom. The van der Waals surface area contributed by atoms with Crippen molar-refractivity contribution in [1.29, 1.82) is 0 Å². The van der Waals surface area contributed by atoms with Crippen molar-refractivity contribution in [1.82, 2.24) is 5.32 Å². The van der Waals surface area contributed by atoms with E-state index in [1.807, 2.05) is 21.1 Å². The lowest BCUT2D eigenvalue weighted by molar-refractivity contribution is -0.870. The molecule has 0 fully saturated rings. The van der Waals surface area contributed by atoms with Crippen molar-refractivity contribution < 1.29 is 32.9 Å². The van der Waals surface area contributed by atoms with Gasteiger partial charge in [-0.15, -0.1) is 0 Å². The van der Waals surface area contributed by atoms with Crippen LogP contribution < -0.4 is 5.32 Å². The first-order valence-corrected chi connectivity index (χ1v) is 39.6. The highest BCUT2D eigenvalue weighted by Crippen LogP contribution is 2.43. The first-order valence-electron chi connectivity index (χ1n) is 38.1. The zero-order valence-electron chi connectivity index (χ0n) is 59.4. The van der Waals surface area contributed by atoms with Gasteiger partial charge in [0.1, 0.15) is 13.2 Å². The lowest BCUT2D eigenvalue weighted by Crippen LogP contribution is -2.46. The zero-order valence-corrected chi connectivity index (χ0v) is 60.3. The summed E-state index contributed by atoms with van der Waals surface area (Å²) in [5, 5.41) is 14.2. The Morgan fingerprint density at radius 3 is 0.989 bits per heavy atom. The Morgan fingerprint density at radius 1 is 0.393 bits per heavy atom. The summed E-state index contributed by atoms with van der Waals surface area (Å²) in [6.07, 6.45) is 101. The second-order valence-corrected chi connectivity index (χ2v) is 28.5. The normalized spacial score (nSPS) is 14.1. The molecular formula is C80H148N2O6P+. The van der Waals surface area contributed by atoms with Gasteiger partial charge in [0.2, 0.25) is 5.91 Å². The van der Waals surface area contributed by atoms with Crippen LogP contribution in [-0.2, 0) is 18.4 Å². The fourth-order valence-corrected chi connectivity index (χ4v) is 12.0. The third-order valence-corrected chi connectivity index (χ3v) is 18.1. The number of phosphoric ester groups is 1. The van der Waals surface area contributed by atoms with E-state index in [-0.39, 0.29) is 19.1 Å². The predicted molar refractivity (Wildman–Crippen MR) is 392 cm³/mol. The Labute approximate surface area is 553 Å². The van der Waals surface area contributed by atoms with Crippen molar-refractivity contribution in [3.8, 4) is 0 Å². The number of rotatable bonds is 70. The monoisotopic (exact) mass is 1260 g/mol. The van der Waals surface area contributed by atoms with Crippen LogP contribution in [0.2, 0.25) is 0 Å². The van der Waals surface area contributed by atoms with Gasteiger partial charge in [0.05, 0.1) is 39.9 Å². The van der Waals surface area contributed by atoms with Gasteiger partial charge in [-0.25, -0.2) is 4.57 Å². The number of likely N-dealkylation sites (N-methyl/N-ethyl adjacent to an activating group) is 1. The molecule has 0 aliphatic carbocycles. The van der Waals surface area contributed by atoms with Crippen molar-refractivity contribution in [2.75, 3.05) is 40.9 Å². The second kappa shape index (κ2) is 69.8. The quantitative estimate of drug-likeness (QED) is 0.0243. The molecular weight excluding hydrogens is 1120 g/mol. The van der Waals surface area contributed by atoms with E-state index in [9.17, 15) is 19.4 Å². The molecule has 0 rings (SSSR count). The second-order valence-electron chi connectivity index (χ2n) is 27.0. The molecule has 8 nitrogen and oxygen atoms in total. The van der Waals surface area contributed by atoms with Crippen molar-refractivity contribution in [2.24, 2.45) is 0 Å². The summed E-state index contributed by atoms with van der Waals surface area (Å²) < 4.78 is 23.9. The molecule has 0 radical (unpaired) electrons. The number of nitrogens with one attached hydrogen (secondary N) is 1. The van der Waals surface area contributed by atoms with Crippen LogP contribution in [0.1, 0.15) is 354 Å². The first kappa shape index (κ1) is 86.4. The molecule has 0 saturated carbocycles. The van der Waals surface area contributed by atoms with E-state index in [0.717, 1.165) is 89.9 Å². The van der Waals surface area contributed by atoms with E-state index in [0.29, 0.717) is 23.9 Å². The first-order chi connectivity index (χ1) is 43.5. The molecule has 3 unspecified atom stereocenters. The largest absolute Gasteiger partial charge is 0.472 e. The van der Waals surface area contributed by atoms with E-state index < -0.39 is 20.0 Å². The molecule has 0 bridgehead atoms. The third kappa shape index (κ3) is 72.7. The highest BCUT2D eigenvalue weighted by atomic mass is 31.2. The number of hydrogen-bond donors (Lipinski definition) is 3. The number of carbonyl (C=O) groups excluding carboxylic acids is 1. The van der Waals surface area contributed by atoms with Crippen LogP contribution in [0.3, 0.4) is 0 Å². The van der Waals surface area contributed by atoms with E-state index in [2.05, 4.69) is 116 Å². The average Bonchev–Trinajstić information content (AvgIpc) is 3.55.